The van der Waals surface area contributed by atoms with Crippen molar-refractivity contribution in [2.45, 2.75) is 13.8 Å². The Balaban J connectivity index is 2.08. The summed E-state index contributed by atoms with van der Waals surface area (Å²) in [6, 6.07) is 6.88. The van der Waals surface area contributed by atoms with Gasteiger partial charge in [0.05, 0.1) is 4.91 Å². The lowest BCUT2D eigenvalue weighted by molar-refractivity contribution is -0.139. The molecule has 1 aliphatic rings. The second-order valence-corrected chi connectivity index (χ2v) is 7.11. The number of benzene rings is 1. The first-order chi connectivity index (χ1) is 10.9. The lowest BCUT2D eigenvalue weighted by atomic mass is 10.2. The van der Waals surface area contributed by atoms with Gasteiger partial charge in [0.25, 0.3) is 5.91 Å². The zero-order valence-electron chi connectivity index (χ0n) is 12.8. The molecule has 0 spiro atoms. The van der Waals surface area contributed by atoms with Crippen LogP contribution in [0.25, 0.3) is 6.08 Å². The van der Waals surface area contributed by atoms with Crippen molar-refractivity contribution in [2.24, 2.45) is 5.92 Å². The second kappa shape index (κ2) is 7.61. The lowest BCUT2D eigenvalue weighted by Crippen LogP contribution is -2.31. The summed E-state index contributed by atoms with van der Waals surface area (Å²) in [5, 5.41) is 8.57. The molecule has 1 aromatic rings. The number of ether oxygens (including phenoxy) is 1. The van der Waals surface area contributed by atoms with Crippen LogP contribution in [0.1, 0.15) is 19.4 Å². The third kappa shape index (κ3) is 4.80. The zero-order chi connectivity index (χ0) is 17.0. The summed E-state index contributed by atoms with van der Waals surface area (Å²) < 4.78 is 5.65. The molecule has 1 N–H and O–H groups in total. The minimum atomic E-state index is -1.03. The van der Waals surface area contributed by atoms with Crippen LogP contribution >= 0.6 is 24.0 Å². The van der Waals surface area contributed by atoms with E-state index in [1.165, 1.54) is 11.8 Å². The molecule has 0 unspecified atom stereocenters. The van der Waals surface area contributed by atoms with Crippen LogP contribution < -0.4 is 4.74 Å². The topological polar surface area (TPSA) is 66.8 Å². The average Bonchev–Trinajstić information content (AvgIpc) is 2.74. The first kappa shape index (κ1) is 17.5. The van der Waals surface area contributed by atoms with Gasteiger partial charge in [0.2, 0.25) is 0 Å². The fourth-order valence-electron chi connectivity index (χ4n) is 1.98. The van der Waals surface area contributed by atoms with E-state index >= 15 is 0 Å². The maximum absolute atomic E-state index is 12.4. The Morgan fingerprint density at radius 2 is 2.04 bits per heavy atom. The van der Waals surface area contributed by atoms with Crippen LogP contribution in [0.2, 0.25) is 0 Å². The van der Waals surface area contributed by atoms with Crippen molar-refractivity contribution >= 4 is 46.3 Å². The summed E-state index contributed by atoms with van der Waals surface area (Å²) in [5.74, 6) is -0.276. The molecule has 23 heavy (non-hydrogen) atoms. The SMILES string of the molecule is CC(C)CN1C(=O)/C(=C/c2ccc(OCC(=O)O)cc2)SC1=S. The van der Waals surface area contributed by atoms with Gasteiger partial charge in [0.15, 0.2) is 6.61 Å². The number of nitrogens with zero attached hydrogens (tertiary/aromatic N) is 1. The fraction of sp³-hybridized carbons (Fsp3) is 0.312. The normalized spacial score (nSPS) is 16.5. The molecule has 1 saturated heterocycles. The minimum absolute atomic E-state index is 0.0695. The number of thioether (sulfide) groups is 1. The van der Waals surface area contributed by atoms with Crippen molar-refractivity contribution in [3.05, 3.63) is 34.7 Å². The molecule has 1 amide bonds. The summed E-state index contributed by atoms with van der Waals surface area (Å²) in [5.41, 5.74) is 0.831. The fourth-order valence-corrected chi connectivity index (χ4v) is 3.25. The number of hydrogen-bond donors (Lipinski definition) is 1. The van der Waals surface area contributed by atoms with E-state index in [1.54, 1.807) is 35.2 Å². The average molecular weight is 351 g/mol. The molecule has 1 heterocycles. The number of hydrogen-bond acceptors (Lipinski definition) is 5. The van der Waals surface area contributed by atoms with Gasteiger partial charge in [0, 0.05) is 6.54 Å². The van der Waals surface area contributed by atoms with Crippen LogP contribution in [0, 0.1) is 5.92 Å². The summed E-state index contributed by atoms with van der Waals surface area (Å²) in [6.45, 7) is 4.31. The number of carbonyl (C=O) groups is 2. The van der Waals surface area contributed by atoms with E-state index in [9.17, 15) is 9.59 Å². The Bertz CT molecular complexity index is 653. The maximum Gasteiger partial charge on any atom is 0.341 e. The van der Waals surface area contributed by atoms with Crippen LogP contribution in [0.15, 0.2) is 29.2 Å². The molecule has 1 aliphatic heterocycles. The number of carbonyl (C=O) groups excluding carboxylic acids is 1. The van der Waals surface area contributed by atoms with Crippen LogP contribution in [0.4, 0.5) is 0 Å². The molecule has 0 bridgehead atoms. The van der Waals surface area contributed by atoms with Gasteiger partial charge in [-0.2, -0.15) is 0 Å². The Morgan fingerprint density at radius 3 is 2.61 bits per heavy atom. The van der Waals surface area contributed by atoms with Gasteiger partial charge in [-0.3, -0.25) is 9.69 Å². The molecule has 1 fully saturated rings. The van der Waals surface area contributed by atoms with Gasteiger partial charge in [-0.15, -0.1) is 0 Å². The third-order valence-electron chi connectivity index (χ3n) is 2.96. The Kier molecular flexibility index (Phi) is 5.79. The molecule has 122 valence electrons. The number of aliphatic carboxylic acids is 1. The summed E-state index contributed by atoms with van der Waals surface area (Å²) >= 11 is 6.56. The molecule has 0 saturated carbocycles. The molecule has 0 aromatic heterocycles. The predicted octanol–water partition coefficient (Wildman–Crippen LogP) is 3.01. The summed E-state index contributed by atoms with van der Waals surface area (Å²) in [4.78, 5) is 25.0. The minimum Gasteiger partial charge on any atom is -0.482 e. The molecule has 1 aromatic carbocycles. The first-order valence-electron chi connectivity index (χ1n) is 7.07. The molecule has 5 nitrogen and oxygen atoms in total. The molecule has 7 heteroatoms. The molecule has 0 atom stereocenters. The standard InChI is InChI=1S/C16H17NO4S2/c1-10(2)8-17-15(20)13(23-16(17)22)7-11-3-5-12(6-4-11)21-9-14(18)19/h3-7,10H,8-9H2,1-2H3,(H,18,19)/b13-7-. The quantitative estimate of drug-likeness (QED) is 0.628. The number of carboxylic acids is 1. The highest BCUT2D eigenvalue weighted by atomic mass is 32.2. The highest BCUT2D eigenvalue weighted by Crippen LogP contribution is 2.33. The van der Waals surface area contributed by atoms with Crippen LogP contribution in [0.5, 0.6) is 5.75 Å². The van der Waals surface area contributed by atoms with E-state index in [4.69, 9.17) is 22.1 Å². The molecule has 2 rings (SSSR count). The summed E-state index contributed by atoms with van der Waals surface area (Å²) in [7, 11) is 0. The number of carboxylic acid groups (broad SMARTS) is 1. The van der Waals surface area contributed by atoms with Gasteiger partial charge < -0.3 is 9.84 Å². The molecular weight excluding hydrogens is 334 g/mol. The van der Waals surface area contributed by atoms with Crippen LogP contribution in [-0.4, -0.2) is 39.4 Å². The van der Waals surface area contributed by atoms with Gasteiger partial charge in [-0.05, 0) is 29.7 Å². The van der Waals surface area contributed by atoms with E-state index in [1.807, 2.05) is 13.8 Å². The van der Waals surface area contributed by atoms with Gasteiger partial charge >= 0.3 is 5.97 Å². The molecule has 0 aliphatic carbocycles. The lowest BCUT2D eigenvalue weighted by Gasteiger charge is -2.16. The number of amides is 1. The Labute approximate surface area is 144 Å². The Hall–Kier alpha value is -1.86. The third-order valence-corrected chi connectivity index (χ3v) is 4.34. The van der Waals surface area contributed by atoms with Crippen LogP contribution in [-0.2, 0) is 9.59 Å². The van der Waals surface area contributed by atoms with Crippen molar-refractivity contribution in [3.8, 4) is 5.75 Å². The van der Waals surface area contributed by atoms with E-state index < -0.39 is 5.97 Å². The molecule has 0 radical (unpaired) electrons. The zero-order valence-corrected chi connectivity index (χ0v) is 14.4. The van der Waals surface area contributed by atoms with Crippen molar-refractivity contribution in [2.75, 3.05) is 13.2 Å². The van der Waals surface area contributed by atoms with Crippen molar-refractivity contribution < 1.29 is 19.4 Å². The van der Waals surface area contributed by atoms with Gasteiger partial charge in [-0.25, -0.2) is 4.79 Å². The van der Waals surface area contributed by atoms with Crippen molar-refractivity contribution in [1.82, 2.24) is 4.90 Å². The van der Waals surface area contributed by atoms with E-state index in [2.05, 4.69) is 0 Å². The monoisotopic (exact) mass is 351 g/mol. The summed E-state index contributed by atoms with van der Waals surface area (Å²) in [6.07, 6.45) is 1.78. The number of thiocarbonyl (C=S) groups is 1. The highest BCUT2D eigenvalue weighted by molar-refractivity contribution is 8.26. The predicted molar refractivity (Wildman–Crippen MR) is 94.3 cm³/mol. The number of rotatable bonds is 6. The van der Waals surface area contributed by atoms with Crippen LogP contribution in [0.3, 0.4) is 0 Å². The largest absolute Gasteiger partial charge is 0.482 e. The highest BCUT2D eigenvalue weighted by Gasteiger charge is 2.32. The second-order valence-electron chi connectivity index (χ2n) is 5.44. The smallest absolute Gasteiger partial charge is 0.341 e. The van der Waals surface area contributed by atoms with Gasteiger partial charge in [0.1, 0.15) is 10.1 Å². The maximum atomic E-state index is 12.4. The van der Waals surface area contributed by atoms with Gasteiger partial charge in [-0.1, -0.05) is 50.0 Å². The Morgan fingerprint density at radius 1 is 1.39 bits per heavy atom. The van der Waals surface area contributed by atoms with Crippen molar-refractivity contribution in [1.29, 1.82) is 0 Å². The van der Waals surface area contributed by atoms with E-state index in [0.29, 0.717) is 27.4 Å². The van der Waals surface area contributed by atoms with E-state index in [0.717, 1.165) is 5.56 Å². The first-order valence-corrected chi connectivity index (χ1v) is 8.29. The molecular formula is C16H17NO4S2. The van der Waals surface area contributed by atoms with E-state index in [-0.39, 0.29) is 12.5 Å². The van der Waals surface area contributed by atoms with Crippen molar-refractivity contribution in [3.63, 3.8) is 0 Å².